The molecule has 2 aliphatic heterocycles. The molecule has 2 nitrogen and oxygen atoms in total. The molecule has 100 valence electrons. The number of nitrogens with one attached hydrogen (secondary N) is 1. The molecule has 0 saturated carbocycles. The van der Waals surface area contributed by atoms with Crippen molar-refractivity contribution in [3.05, 3.63) is 35.5 Å². The van der Waals surface area contributed by atoms with Gasteiger partial charge in [-0.3, -0.25) is 4.90 Å². The minimum absolute atomic E-state index is 0.652. The minimum Gasteiger partial charge on any atom is -0.357 e. The van der Waals surface area contributed by atoms with Crippen LogP contribution in [-0.4, -0.2) is 23.0 Å². The summed E-state index contributed by atoms with van der Waals surface area (Å²) in [5.41, 5.74) is 4.43. The van der Waals surface area contributed by atoms with Crippen molar-refractivity contribution in [3.63, 3.8) is 0 Å². The van der Waals surface area contributed by atoms with Crippen molar-refractivity contribution in [2.75, 3.05) is 13.1 Å². The predicted molar refractivity (Wildman–Crippen MR) is 79.3 cm³/mol. The second-order valence-electron chi connectivity index (χ2n) is 6.18. The molecular weight excluding hydrogens is 232 g/mol. The summed E-state index contributed by atoms with van der Waals surface area (Å²) in [4.78, 5) is 6.42. The van der Waals surface area contributed by atoms with Gasteiger partial charge in [-0.25, -0.2) is 0 Å². The average molecular weight is 254 g/mol. The maximum atomic E-state index is 3.71. The van der Waals surface area contributed by atoms with E-state index in [1.165, 1.54) is 55.4 Å². The number of para-hydroxylation sites is 1. The van der Waals surface area contributed by atoms with Crippen molar-refractivity contribution < 1.29 is 0 Å². The molecule has 1 aromatic carbocycles. The molecule has 3 heterocycles. The van der Waals surface area contributed by atoms with Gasteiger partial charge in [-0.2, -0.15) is 0 Å². The fraction of sp³-hybridized carbons (Fsp3) is 0.529. The first-order valence-corrected chi connectivity index (χ1v) is 7.70. The number of hydrogen-bond acceptors (Lipinski definition) is 1. The highest BCUT2D eigenvalue weighted by atomic mass is 15.2. The first-order valence-electron chi connectivity index (χ1n) is 7.70. The highest BCUT2D eigenvalue weighted by molar-refractivity contribution is 5.85. The SMILES string of the molecule is CC[C@@H]1CC[C@H]2c3[nH]c4ccccc4c3CCN2C1. The molecule has 4 rings (SSSR count). The molecule has 19 heavy (non-hydrogen) atoms. The van der Waals surface area contributed by atoms with Crippen LogP contribution in [-0.2, 0) is 6.42 Å². The van der Waals surface area contributed by atoms with Gasteiger partial charge in [0.15, 0.2) is 0 Å². The van der Waals surface area contributed by atoms with Gasteiger partial charge in [-0.1, -0.05) is 31.5 Å². The normalized spacial score (nSPS) is 27.2. The average Bonchev–Trinajstić information content (AvgIpc) is 2.85. The molecule has 0 bridgehead atoms. The summed E-state index contributed by atoms with van der Waals surface area (Å²) in [5.74, 6) is 0.919. The lowest BCUT2D eigenvalue weighted by molar-refractivity contribution is 0.0950. The summed E-state index contributed by atoms with van der Waals surface area (Å²) in [7, 11) is 0. The van der Waals surface area contributed by atoms with E-state index in [9.17, 15) is 0 Å². The Kier molecular flexibility index (Phi) is 2.66. The summed E-state index contributed by atoms with van der Waals surface area (Å²) in [6.07, 6.45) is 5.28. The second kappa shape index (κ2) is 4.38. The lowest BCUT2D eigenvalue weighted by atomic mass is 9.85. The molecule has 2 heteroatoms. The van der Waals surface area contributed by atoms with E-state index < -0.39 is 0 Å². The van der Waals surface area contributed by atoms with Gasteiger partial charge in [0.1, 0.15) is 0 Å². The number of nitrogens with zero attached hydrogens (tertiary/aromatic N) is 1. The van der Waals surface area contributed by atoms with Crippen LogP contribution in [0.3, 0.4) is 0 Å². The van der Waals surface area contributed by atoms with Gasteiger partial charge in [0, 0.05) is 29.7 Å². The summed E-state index contributed by atoms with van der Waals surface area (Å²) < 4.78 is 0. The van der Waals surface area contributed by atoms with E-state index in [1.54, 1.807) is 5.56 Å². The van der Waals surface area contributed by atoms with E-state index in [2.05, 4.69) is 41.1 Å². The van der Waals surface area contributed by atoms with Crippen LogP contribution < -0.4 is 0 Å². The molecule has 0 spiro atoms. The number of fused-ring (bicyclic) bond motifs is 5. The first-order chi connectivity index (χ1) is 9.36. The minimum atomic E-state index is 0.652. The molecule has 2 aromatic rings. The topological polar surface area (TPSA) is 19.0 Å². The van der Waals surface area contributed by atoms with E-state index in [0.717, 1.165) is 5.92 Å². The van der Waals surface area contributed by atoms with Gasteiger partial charge in [0.2, 0.25) is 0 Å². The van der Waals surface area contributed by atoms with Crippen LogP contribution in [0.25, 0.3) is 10.9 Å². The summed E-state index contributed by atoms with van der Waals surface area (Å²) >= 11 is 0. The molecule has 1 aromatic heterocycles. The maximum Gasteiger partial charge on any atom is 0.0501 e. The zero-order chi connectivity index (χ0) is 12.8. The quantitative estimate of drug-likeness (QED) is 0.818. The van der Waals surface area contributed by atoms with Gasteiger partial charge in [-0.15, -0.1) is 0 Å². The Hall–Kier alpha value is -1.28. The molecule has 0 aliphatic carbocycles. The lowest BCUT2D eigenvalue weighted by Crippen LogP contribution is -2.42. The van der Waals surface area contributed by atoms with Crippen LogP contribution in [0.1, 0.15) is 43.5 Å². The fourth-order valence-corrected chi connectivity index (χ4v) is 4.06. The highest BCUT2D eigenvalue weighted by Crippen LogP contribution is 2.40. The number of piperidine rings is 1. The van der Waals surface area contributed by atoms with Crippen molar-refractivity contribution in [1.82, 2.24) is 9.88 Å². The van der Waals surface area contributed by atoms with Crippen molar-refractivity contribution in [1.29, 1.82) is 0 Å². The third-order valence-corrected chi connectivity index (χ3v) is 5.19. The summed E-state index contributed by atoms with van der Waals surface area (Å²) in [5, 5.41) is 1.45. The Morgan fingerprint density at radius 3 is 3.05 bits per heavy atom. The second-order valence-corrected chi connectivity index (χ2v) is 6.18. The molecular formula is C17H22N2. The Morgan fingerprint density at radius 1 is 1.26 bits per heavy atom. The largest absolute Gasteiger partial charge is 0.357 e. The number of aromatic amines is 1. The zero-order valence-corrected chi connectivity index (χ0v) is 11.7. The van der Waals surface area contributed by atoms with E-state index in [4.69, 9.17) is 0 Å². The summed E-state index contributed by atoms with van der Waals surface area (Å²) in [6, 6.07) is 9.44. The standard InChI is InChI=1S/C17H22N2/c1-2-12-7-8-16-17-14(9-10-19(16)11-12)13-5-3-4-6-15(13)18-17/h3-6,12,16,18H,2,7-11H2,1H3/t12-,16+/m1/s1. The van der Waals surface area contributed by atoms with Crippen molar-refractivity contribution in [3.8, 4) is 0 Å². The van der Waals surface area contributed by atoms with Crippen molar-refractivity contribution in [2.45, 2.75) is 38.6 Å². The highest BCUT2D eigenvalue weighted by Gasteiger charge is 2.34. The molecule has 0 unspecified atom stereocenters. The van der Waals surface area contributed by atoms with E-state index in [1.807, 2.05) is 0 Å². The predicted octanol–water partition coefficient (Wildman–Crippen LogP) is 3.89. The number of hydrogen-bond donors (Lipinski definition) is 1. The lowest BCUT2D eigenvalue weighted by Gasteiger charge is -2.42. The number of rotatable bonds is 1. The van der Waals surface area contributed by atoms with Crippen LogP contribution >= 0.6 is 0 Å². The van der Waals surface area contributed by atoms with Crippen LogP contribution in [0.2, 0.25) is 0 Å². The van der Waals surface area contributed by atoms with Gasteiger partial charge in [-0.05, 0) is 36.8 Å². The number of H-pyrrole nitrogens is 1. The van der Waals surface area contributed by atoms with Gasteiger partial charge in [0.25, 0.3) is 0 Å². The molecule has 2 aliphatic rings. The van der Waals surface area contributed by atoms with E-state index >= 15 is 0 Å². The van der Waals surface area contributed by atoms with Crippen LogP contribution in [0.15, 0.2) is 24.3 Å². The van der Waals surface area contributed by atoms with Crippen molar-refractivity contribution in [2.24, 2.45) is 5.92 Å². The molecule has 1 N–H and O–H groups in total. The molecule has 2 atom stereocenters. The maximum absolute atomic E-state index is 3.71. The Labute approximate surface area is 114 Å². The van der Waals surface area contributed by atoms with Crippen LogP contribution in [0, 0.1) is 5.92 Å². The van der Waals surface area contributed by atoms with Gasteiger partial charge >= 0.3 is 0 Å². The third kappa shape index (κ3) is 1.73. The molecule has 0 amide bonds. The number of benzene rings is 1. The molecule has 0 radical (unpaired) electrons. The molecule has 1 saturated heterocycles. The third-order valence-electron chi connectivity index (χ3n) is 5.19. The van der Waals surface area contributed by atoms with Crippen molar-refractivity contribution >= 4 is 10.9 Å². The summed E-state index contributed by atoms with van der Waals surface area (Å²) in [6.45, 7) is 4.88. The number of aromatic nitrogens is 1. The smallest absolute Gasteiger partial charge is 0.0501 e. The zero-order valence-electron chi connectivity index (χ0n) is 11.7. The fourth-order valence-electron chi connectivity index (χ4n) is 4.06. The Morgan fingerprint density at radius 2 is 2.16 bits per heavy atom. The first kappa shape index (κ1) is 11.5. The van der Waals surface area contributed by atoms with E-state index in [-0.39, 0.29) is 0 Å². The van der Waals surface area contributed by atoms with Crippen LogP contribution in [0.4, 0.5) is 0 Å². The van der Waals surface area contributed by atoms with Gasteiger partial charge in [0.05, 0.1) is 6.04 Å². The van der Waals surface area contributed by atoms with Crippen LogP contribution in [0.5, 0.6) is 0 Å². The monoisotopic (exact) mass is 254 g/mol. The Balaban J connectivity index is 1.75. The Bertz CT molecular complexity index is 598. The van der Waals surface area contributed by atoms with Gasteiger partial charge < -0.3 is 4.98 Å². The van der Waals surface area contributed by atoms with E-state index in [0.29, 0.717) is 6.04 Å². The molecule has 1 fully saturated rings.